The van der Waals surface area contributed by atoms with Gasteiger partial charge in [-0.15, -0.1) is 0 Å². The van der Waals surface area contributed by atoms with E-state index in [9.17, 15) is 23.2 Å². The molecule has 0 spiro atoms. The number of imidazole rings is 1. The first-order chi connectivity index (χ1) is 27.9. The predicted octanol–water partition coefficient (Wildman–Crippen LogP) is 7.14. The number of ether oxygens (including phenoxy) is 3. The summed E-state index contributed by atoms with van der Waals surface area (Å²) in [6.07, 6.45) is 5.34. The van der Waals surface area contributed by atoms with Crippen LogP contribution in [0.2, 0.25) is 0 Å². The first kappa shape index (κ1) is 43.1. The van der Waals surface area contributed by atoms with Gasteiger partial charge in [0.1, 0.15) is 11.2 Å². The van der Waals surface area contributed by atoms with Gasteiger partial charge in [0.2, 0.25) is 5.82 Å². The van der Waals surface area contributed by atoms with Gasteiger partial charge in [0.15, 0.2) is 23.0 Å². The van der Waals surface area contributed by atoms with Crippen LogP contribution >= 0.6 is 0 Å². The van der Waals surface area contributed by atoms with Crippen LogP contribution in [0, 0.1) is 23.5 Å². The second-order valence-electron chi connectivity index (χ2n) is 17.3. The van der Waals surface area contributed by atoms with Crippen LogP contribution in [0.5, 0.6) is 5.75 Å². The second-order valence-corrected chi connectivity index (χ2v) is 17.3. The zero-order valence-electron chi connectivity index (χ0n) is 35.2. The lowest BCUT2D eigenvalue weighted by molar-refractivity contribution is -0.0160. The molecule has 2 fully saturated rings. The zero-order valence-corrected chi connectivity index (χ0v) is 35.2. The number of carbonyl (C=O) groups is 3. The van der Waals surface area contributed by atoms with Gasteiger partial charge in [0, 0.05) is 86.9 Å². The number of anilines is 2. The minimum absolute atomic E-state index is 0.0271. The standard InChI is InChI=1S/C43H56F2N8O6/c1-9-29-19-30(49-37-38-48-20-33(53(38)18-16-46-37)32-13-14-34(57-8)36(45)35(32)44)11-12-31(29)39(54)47-15-10-17-50(21-27-23-51(24-27)40(55)58-42(2,3)4)22-28-25-52(26-28)41(56)59-43(5,6)7/h11-14,16,18-20,27-28H,9-10,15,17,21-26H2,1-8H3,(H,46,49)(H,47,54). The van der Waals surface area contributed by atoms with Crippen LogP contribution in [0.3, 0.4) is 0 Å². The number of nitrogens with one attached hydrogen (secondary N) is 2. The Bertz CT molecular complexity index is 2110. The van der Waals surface area contributed by atoms with E-state index >= 15 is 0 Å². The fourth-order valence-electron chi connectivity index (χ4n) is 7.33. The molecular weight excluding hydrogens is 763 g/mol. The van der Waals surface area contributed by atoms with Crippen molar-refractivity contribution in [2.24, 2.45) is 11.8 Å². The van der Waals surface area contributed by atoms with E-state index in [1.807, 2.05) is 54.5 Å². The van der Waals surface area contributed by atoms with Crippen molar-refractivity contribution >= 4 is 35.2 Å². The molecule has 0 aliphatic carbocycles. The first-order valence-electron chi connectivity index (χ1n) is 20.1. The summed E-state index contributed by atoms with van der Waals surface area (Å²) >= 11 is 0. The molecule has 14 nitrogen and oxygen atoms in total. The van der Waals surface area contributed by atoms with E-state index in [0.29, 0.717) is 85.8 Å². The van der Waals surface area contributed by atoms with E-state index in [1.165, 1.54) is 31.6 Å². The Morgan fingerprint density at radius 3 is 2.08 bits per heavy atom. The molecule has 0 saturated carbocycles. The molecule has 2 saturated heterocycles. The lowest BCUT2D eigenvalue weighted by atomic mass is 9.96. The highest BCUT2D eigenvalue weighted by molar-refractivity contribution is 5.96. The van der Waals surface area contributed by atoms with E-state index in [1.54, 1.807) is 32.5 Å². The third-order valence-electron chi connectivity index (χ3n) is 10.2. The van der Waals surface area contributed by atoms with Gasteiger partial charge in [-0.2, -0.15) is 4.39 Å². The number of halogens is 2. The number of nitrogens with zero attached hydrogens (tertiary/aromatic N) is 6. The number of fused-ring (bicyclic) bond motifs is 1. The van der Waals surface area contributed by atoms with Crippen molar-refractivity contribution in [3.05, 3.63) is 71.7 Å². The Hall–Kier alpha value is -5.51. The molecule has 4 aromatic rings. The maximum atomic E-state index is 15.0. The largest absolute Gasteiger partial charge is 0.494 e. The highest BCUT2D eigenvalue weighted by Gasteiger charge is 2.38. The number of aryl methyl sites for hydroxylation is 1. The first-order valence-corrected chi connectivity index (χ1v) is 20.1. The van der Waals surface area contributed by atoms with Crippen molar-refractivity contribution in [1.29, 1.82) is 0 Å². The van der Waals surface area contributed by atoms with Crippen molar-refractivity contribution in [3.8, 4) is 17.0 Å². The Morgan fingerprint density at radius 2 is 1.51 bits per heavy atom. The number of rotatable bonds is 14. The quantitative estimate of drug-likeness (QED) is 0.126. The average Bonchev–Trinajstić information content (AvgIpc) is 3.56. The van der Waals surface area contributed by atoms with Crippen LogP contribution in [0.15, 0.2) is 48.9 Å². The zero-order chi connectivity index (χ0) is 42.6. The summed E-state index contributed by atoms with van der Waals surface area (Å²) in [5.41, 5.74) is 1.76. The van der Waals surface area contributed by atoms with Gasteiger partial charge < -0.3 is 39.5 Å². The Morgan fingerprint density at radius 1 is 0.881 bits per heavy atom. The van der Waals surface area contributed by atoms with Crippen LogP contribution in [0.1, 0.15) is 70.8 Å². The van der Waals surface area contributed by atoms with E-state index in [4.69, 9.17) is 14.2 Å². The lowest BCUT2D eigenvalue weighted by Crippen LogP contribution is -2.58. The smallest absolute Gasteiger partial charge is 0.410 e. The molecule has 16 heteroatoms. The summed E-state index contributed by atoms with van der Waals surface area (Å²) in [4.78, 5) is 53.3. The maximum Gasteiger partial charge on any atom is 0.410 e. The van der Waals surface area contributed by atoms with Gasteiger partial charge in [-0.05, 0) is 96.8 Å². The van der Waals surface area contributed by atoms with Crippen molar-refractivity contribution in [3.63, 3.8) is 0 Å². The Kier molecular flexibility index (Phi) is 13.0. The van der Waals surface area contributed by atoms with Crippen molar-refractivity contribution in [1.82, 2.24) is 34.4 Å². The van der Waals surface area contributed by atoms with Crippen molar-refractivity contribution in [2.45, 2.75) is 72.5 Å². The van der Waals surface area contributed by atoms with Crippen LogP contribution in [0.25, 0.3) is 16.9 Å². The average molecular weight is 819 g/mol. The number of amides is 3. The molecule has 2 aromatic heterocycles. The molecule has 4 heterocycles. The van der Waals surface area contributed by atoms with Crippen LogP contribution < -0.4 is 15.4 Å². The molecule has 0 radical (unpaired) electrons. The number of benzene rings is 2. The third kappa shape index (κ3) is 10.6. The number of methoxy groups -OCH3 is 1. The van der Waals surface area contributed by atoms with E-state index < -0.39 is 22.8 Å². The molecule has 2 aromatic carbocycles. The number of hydrogen-bond acceptors (Lipinski definition) is 10. The minimum atomic E-state index is -1.08. The maximum absolute atomic E-state index is 15.0. The van der Waals surface area contributed by atoms with E-state index in [0.717, 1.165) is 25.2 Å². The minimum Gasteiger partial charge on any atom is -0.494 e. The van der Waals surface area contributed by atoms with Crippen LogP contribution in [-0.2, 0) is 15.9 Å². The van der Waals surface area contributed by atoms with Gasteiger partial charge in [-0.25, -0.2) is 23.9 Å². The summed E-state index contributed by atoms with van der Waals surface area (Å²) in [5.74, 6) is -1.48. The lowest BCUT2D eigenvalue weighted by Gasteiger charge is -2.45. The third-order valence-corrected chi connectivity index (χ3v) is 10.2. The van der Waals surface area contributed by atoms with E-state index in [-0.39, 0.29) is 29.4 Å². The molecule has 2 N–H and O–H groups in total. The number of likely N-dealkylation sites (tertiary alicyclic amines) is 2. The topological polar surface area (TPSA) is 143 Å². The Labute approximate surface area is 344 Å². The highest BCUT2D eigenvalue weighted by Crippen LogP contribution is 2.32. The SMILES string of the molecule is CCc1cc(Nc2nccn3c(-c4ccc(OC)c(F)c4F)cnc23)ccc1C(=O)NCCCN(CC1CN(C(=O)OC(C)(C)C)C1)CC1CN(C(=O)OC(C)(C)C)C1. The number of carbonyl (C=O) groups excluding carboxylic acids is 3. The monoisotopic (exact) mass is 818 g/mol. The Balaban J connectivity index is 1.05. The fraction of sp³-hybridized carbons (Fsp3) is 0.512. The molecule has 59 heavy (non-hydrogen) atoms. The van der Waals surface area contributed by atoms with Crippen LogP contribution in [0.4, 0.5) is 29.9 Å². The van der Waals surface area contributed by atoms with Crippen molar-refractivity contribution in [2.75, 3.05) is 64.8 Å². The molecule has 0 bridgehead atoms. The molecular formula is C43H56F2N8O6. The number of hydrogen-bond donors (Lipinski definition) is 2. The summed E-state index contributed by atoms with van der Waals surface area (Å²) < 4.78 is 47.1. The van der Waals surface area contributed by atoms with Gasteiger partial charge >= 0.3 is 12.2 Å². The van der Waals surface area contributed by atoms with Gasteiger partial charge in [-0.3, -0.25) is 9.20 Å². The summed E-state index contributed by atoms with van der Waals surface area (Å²) in [6.45, 7) is 18.4. The molecule has 2 aliphatic rings. The second kappa shape index (κ2) is 17.8. The molecule has 318 valence electrons. The van der Waals surface area contributed by atoms with Crippen molar-refractivity contribution < 1.29 is 37.4 Å². The predicted molar refractivity (Wildman–Crippen MR) is 220 cm³/mol. The highest BCUT2D eigenvalue weighted by atomic mass is 19.2. The molecule has 0 unspecified atom stereocenters. The van der Waals surface area contributed by atoms with E-state index in [2.05, 4.69) is 25.5 Å². The fourth-order valence-corrected chi connectivity index (χ4v) is 7.33. The summed E-state index contributed by atoms with van der Waals surface area (Å²) in [7, 11) is 1.28. The summed E-state index contributed by atoms with van der Waals surface area (Å²) in [5, 5.41) is 6.36. The molecule has 3 amide bonds. The molecule has 6 rings (SSSR count). The van der Waals surface area contributed by atoms with Gasteiger partial charge in [0.25, 0.3) is 5.91 Å². The molecule has 2 aliphatic heterocycles. The van der Waals surface area contributed by atoms with Gasteiger partial charge in [-0.1, -0.05) is 6.92 Å². The van der Waals surface area contributed by atoms with Gasteiger partial charge in [0.05, 0.1) is 19.0 Å². The number of aromatic nitrogens is 3. The summed E-state index contributed by atoms with van der Waals surface area (Å²) in [6, 6.07) is 8.27. The van der Waals surface area contributed by atoms with Crippen LogP contribution in [-0.4, -0.2) is 118 Å². The normalized spacial score (nSPS) is 14.9. The molecule has 0 atom stereocenters.